The lowest BCUT2D eigenvalue weighted by atomic mass is 10.1. The van der Waals surface area contributed by atoms with Gasteiger partial charge in [0.25, 0.3) is 5.91 Å². The van der Waals surface area contributed by atoms with Crippen LogP contribution in [-0.4, -0.2) is 19.1 Å². The number of carbonyl (C=O) groups is 1. The van der Waals surface area contributed by atoms with E-state index in [0.717, 1.165) is 9.13 Å². The minimum atomic E-state index is -0.496. The zero-order valence-electron chi connectivity index (χ0n) is 19.0. The number of nitriles is 1. The van der Waals surface area contributed by atoms with Crippen LogP contribution < -0.4 is 19.5 Å². The lowest BCUT2D eigenvalue weighted by molar-refractivity contribution is -0.112. The van der Waals surface area contributed by atoms with Crippen molar-refractivity contribution in [2.75, 3.05) is 18.5 Å². The fourth-order valence-electron chi connectivity index (χ4n) is 3.12. The SMILES string of the molecule is CCOc1ccc(NC(=O)/C(C#N)=C\c2cc(I)c(OCc3ccccc3)c(OCC)c2)cc1. The van der Waals surface area contributed by atoms with Crippen LogP contribution in [0.15, 0.2) is 72.3 Å². The van der Waals surface area contributed by atoms with Gasteiger partial charge in [-0.05, 0) is 90.0 Å². The molecule has 34 heavy (non-hydrogen) atoms. The number of anilines is 1. The molecule has 0 radical (unpaired) electrons. The van der Waals surface area contributed by atoms with Gasteiger partial charge in [0, 0.05) is 5.69 Å². The average molecular weight is 568 g/mol. The third-order valence-electron chi connectivity index (χ3n) is 4.66. The number of nitrogens with one attached hydrogen (secondary N) is 1. The Balaban J connectivity index is 1.80. The number of rotatable bonds is 10. The van der Waals surface area contributed by atoms with Gasteiger partial charge in [0.1, 0.15) is 24.0 Å². The van der Waals surface area contributed by atoms with Crippen LogP contribution in [0.3, 0.4) is 0 Å². The molecule has 0 unspecified atom stereocenters. The molecule has 0 heterocycles. The van der Waals surface area contributed by atoms with Gasteiger partial charge in [0.2, 0.25) is 0 Å². The monoisotopic (exact) mass is 568 g/mol. The number of halogens is 1. The van der Waals surface area contributed by atoms with E-state index in [0.29, 0.717) is 48.3 Å². The number of carbonyl (C=O) groups excluding carboxylic acids is 1. The fraction of sp³-hybridized carbons (Fsp3) is 0.185. The number of hydrogen-bond donors (Lipinski definition) is 1. The lowest BCUT2D eigenvalue weighted by Gasteiger charge is -2.15. The molecular formula is C27H25IN2O4. The minimum Gasteiger partial charge on any atom is -0.494 e. The first kappa shape index (κ1) is 25.1. The molecule has 1 N–H and O–H groups in total. The molecule has 6 nitrogen and oxygen atoms in total. The van der Waals surface area contributed by atoms with Crippen molar-refractivity contribution in [3.63, 3.8) is 0 Å². The second-order valence-corrected chi connectivity index (χ2v) is 8.28. The summed E-state index contributed by atoms with van der Waals surface area (Å²) in [5.41, 5.74) is 2.26. The Bertz CT molecular complexity index is 1190. The molecular weight excluding hydrogens is 543 g/mol. The molecule has 0 fully saturated rings. The van der Waals surface area contributed by atoms with E-state index in [9.17, 15) is 10.1 Å². The van der Waals surface area contributed by atoms with Crippen molar-refractivity contribution in [2.24, 2.45) is 0 Å². The second kappa shape index (κ2) is 12.7. The van der Waals surface area contributed by atoms with Crippen molar-refractivity contribution in [3.8, 4) is 23.3 Å². The molecule has 174 valence electrons. The molecule has 0 spiro atoms. The summed E-state index contributed by atoms with van der Waals surface area (Å²) in [5.74, 6) is 1.40. The highest BCUT2D eigenvalue weighted by atomic mass is 127. The van der Waals surface area contributed by atoms with Gasteiger partial charge in [-0.1, -0.05) is 30.3 Å². The van der Waals surface area contributed by atoms with Crippen molar-refractivity contribution >= 4 is 40.3 Å². The minimum absolute atomic E-state index is 0.0231. The van der Waals surface area contributed by atoms with Gasteiger partial charge in [0.15, 0.2) is 11.5 Å². The highest BCUT2D eigenvalue weighted by Gasteiger charge is 2.15. The van der Waals surface area contributed by atoms with Crippen LogP contribution in [0.5, 0.6) is 17.2 Å². The largest absolute Gasteiger partial charge is 0.494 e. The third kappa shape index (κ3) is 6.99. The average Bonchev–Trinajstić information content (AvgIpc) is 2.84. The number of amides is 1. The van der Waals surface area contributed by atoms with Gasteiger partial charge in [-0.3, -0.25) is 4.79 Å². The van der Waals surface area contributed by atoms with E-state index in [-0.39, 0.29) is 5.57 Å². The smallest absolute Gasteiger partial charge is 0.266 e. The summed E-state index contributed by atoms with van der Waals surface area (Å²) in [6.07, 6.45) is 1.54. The summed E-state index contributed by atoms with van der Waals surface area (Å²) in [7, 11) is 0. The first-order valence-corrected chi connectivity index (χ1v) is 11.9. The summed E-state index contributed by atoms with van der Waals surface area (Å²) < 4.78 is 18.1. The highest BCUT2D eigenvalue weighted by Crippen LogP contribution is 2.35. The van der Waals surface area contributed by atoms with Crippen molar-refractivity contribution < 1.29 is 19.0 Å². The maximum Gasteiger partial charge on any atom is 0.266 e. The van der Waals surface area contributed by atoms with E-state index >= 15 is 0 Å². The molecule has 7 heteroatoms. The maximum absolute atomic E-state index is 12.7. The lowest BCUT2D eigenvalue weighted by Crippen LogP contribution is -2.13. The molecule has 3 aromatic rings. The van der Waals surface area contributed by atoms with Gasteiger partial charge in [-0.15, -0.1) is 0 Å². The molecule has 0 aliphatic rings. The standard InChI is InChI=1S/C27H25IN2O4/c1-3-32-23-12-10-22(11-13-23)30-27(31)21(17-29)14-20-15-24(28)26(25(16-20)33-4-2)34-18-19-8-6-5-7-9-19/h5-16H,3-4,18H2,1-2H3,(H,30,31)/b21-14-. The van der Waals surface area contributed by atoms with E-state index in [4.69, 9.17) is 14.2 Å². The Kier molecular flexibility index (Phi) is 9.35. The quantitative estimate of drug-likeness (QED) is 0.179. The molecule has 1 amide bonds. The Morgan fingerprint density at radius 3 is 2.35 bits per heavy atom. The Morgan fingerprint density at radius 1 is 1.00 bits per heavy atom. The summed E-state index contributed by atoms with van der Waals surface area (Å²) in [6.45, 7) is 5.21. The number of benzene rings is 3. The van der Waals surface area contributed by atoms with Crippen LogP contribution in [0.2, 0.25) is 0 Å². The Labute approximate surface area is 213 Å². The zero-order valence-corrected chi connectivity index (χ0v) is 21.2. The van der Waals surface area contributed by atoms with Crippen molar-refractivity contribution in [3.05, 3.63) is 87.0 Å². The number of hydrogen-bond acceptors (Lipinski definition) is 5. The summed E-state index contributed by atoms with van der Waals surface area (Å²) in [6, 6.07) is 22.5. The molecule has 0 bridgehead atoms. The summed E-state index contributed by atoms with van der Waals surface area (Å²) in [4.78, 5) is 12.7. The van der Waals surface area contributed by atoms with Crippen LogP contribution in [-0.2, 0) is 11.4 Å². The van der Waals surface area contributed by atoms with E-state index in [1.807, 2.05) is 56.3 Å². The molecule has 3 aromatic carbocycles. The summed E-state index contributed by atoms with van der Waals surface area (Å²) in [5, 5.41) is 12.3. The van der Waals surface area contributed by atoms with Gasteiger partial charge in [-0.2, -0.15) is 5.26 Å². The Morgan fingerprint density at radius 2 is 1.71 bits per heavy atom. The van der Waals surface area contributed by atoms with Gasteiger partial charge in [0.05, 0.1) is 16.8 Å². The first-order valence-electron chi connectivity index (χ1n) is 10.8. The van der Waals surface area contributed by atoms with E-state index in [2.05, 4.69) is 27.9 Å². The Hall–Kier alpha value is -3.51. The highest BCUT2D eigenvalue weighted by molar-refractivity contribution is 14.1. The van der Waals surface area contributed by atoms with Crippen LogP contribution in [0.25, 0.3) is 6.08 Å². The summed E-state index contributed by atoms with van der Waals surface area (Å²) >= 11 is 2.17. The van der Waals surface area contributed by atoms with E-state index in [1.165, 1.54) is 6.08 Å². The fourth-order valence-corrected chi connectivity index (χ4v) is 3.90. The first-order chi connectivity index (χ1) is 16.5. The predicted octanol–water partition coefficient (Wildman–Crippen LogP) is 6.21. The van der Waals surface area contributed by atoms with E-state index < -0.39 is 5.91 Å². The van der Waals surface area contributed by atoms with Gasteiger partial charge >= 0.3 is 0 Å². The van der Waals surface area contributed by atoms with Gasteiger partial charge < -0.3 is 19.5 Å². The maximum atomic E-state index is 12.7. The topological polar surface area (TPSA) is 80.6 Å². The van der Waals surface area contributed by atoms with Crippen LogP contribution in [0.4, 0.5) is 5.69 Å². The number of nitrogens with zero attached hydrogens (tertiary/aromatic N) is 1. The molecule has 0 saturated carbocycles. The molecule has 0 aliphatic carbocycles. The van der Waals surface area contributed by atoms with Crippen molar-refractivity contribution in [1.29, 1.82) is 5.26 Å². The second-order valence-electron chi connectivity index (χ2n) is 7.12. The van der Waals surface area contributed by atoms with E-state index in [1.54, 1.807) is 30.3 Å². The molecule has 0 aromatic heterocycles. The van der Waals surface area contributed by atoms with Crippen LogP contribution >= 0.6 is 22.6 Å². The van der Waals surface area contributed by atoms with Gasteiger partial charge in [-0.25, -0.2) is 0 Å². The van der Waals surface area contributed by atoms with Crippen LogP contribution in [0, 0.1) is 14.9 Å². The van der Waals surface area contributed by atoms with Crippen molar-refractivity contribution in [2.45, 2.75) is 20.5 Å². The van der Waals surface area contributed by atoms with Crippen molar-refractivity contribution in [1.82, 2.24) is 0 Å². The van der Waals surface area contributed by atoms with Crippen LogP contribution in [0.1, 0.15) is 25.0 Å². The predicted molar refractivity (Wildman–Crippen MR) is 141 cm³/mol. The molecule has 0 saturated heterocycles. The molecule has 0 atom stereocenters. The normalized spacial score (nSPS) is 10.8. The molecule has 0 aliphatic heterocycles. The number of ether oxygens (including phenoxy) is 3. The zero-order chi connectivity index (χ0) is 24.3. The third-order valence-corrected chi connectivity index (χ3v) is 5.46. The molecule has 3 rings (SSSR count).